The minimum Gasteiger partial charge on any atom is -0.300 e. The molecule has 0 saturated heterocycles. The second-order valence-corrected chi connectivity index (χ2v) is 5.39. The Balaban J connectivity index is 2.08. The van der Waals surface area contributed by atoms with E-state index in [1.807, 2.05) is 78.9 Å². The van der Waals surface area contributed by atoms with Crippen LogP contribution in [0.25, 0.3) is 0 Å². The van der Waals surface area contributed by atoms with Gasteiger partial charge < -0.3 is 0 Å². The summed E-state index contributed by atoms with van der Waals surface area (Å²) in [5.41, 5.74) is 2.04. The number of Topliss-reactive ketones (excluding diaryl/α,β-unsaturated/α-hetero) is 1. The summed E-state index contributed by atoms with van der Waals surface area (Å²) in [4.78, 5) is 26.4. The zero-order valence-electron chi connectivity index (χ0n) is 13.1. The first kappa shape index (κ1) is 15.7. The van der Waals surface area contributed by atoms with Crippen LogP contribution in [0.2, 0.25) is 0 Å². The van der Waals surface area contributed by atoms with Crippen molar-refractivity contribution in [2.45, 2.75) is 6.04 Å². The summed E-state index contributed by atoms with van der Waals surface area (Å²) in [5, 5.41) is 0. The maximum absolute atomic E-state index is 13.1. The molecule has 3 aromatic carbocycles. The number of carbonyl (C=O) groups is 2. The zero-order chi connectivity index (χ0) is 16.8. The van der Waals surface area contributed by atoms with Crippen molar-refractivity contribution in [2.24, 2.45) is 0 Å². The summed E-state index contributed by atoms with van der Waals surface area (Å²) >= 11 is 0. The Hall–Kier alpha value is -3.20. The number of amides is 1. The molecule has 0 saturated carbocycles. The lowest BCUT2D eigenvalue weighted by Gasteiger charge is -2.28. The average molecular weight is 315 g/mol. The molecule has 0 radical (unpaired) electrons. The lowest BCUT2D eigenvalue weighted by molar-refractivity contribution is -0.107. The normalized spacial score (nSPS) is 11.5. The lowest BCUT2D eigenvalue weighted by Crippen LogP contribution is -2.33. The van der Waals surface area contributed by atoms with Crippen LogP contribution in [0.4, 0.5) is 5.69 Å². The van der Waals surface area contributed by atoms with Crippen LogP contribution in [0.5, 0.6) is 0 Å². The average Bonchev–Trinajstić information content (AvgIpc) is 2.67. The Kier molecular flexibility index (Phi) is 4.82. The molecule has 118 valence electrons. The zero-order valence-corrected chi connectivity index (χ0v) is 13.1. The fourth-order valence-corrected chi connectivity index (χ4v) is 2.70. The smallest absolute Gasteiger partial charge is 0.215 e. The maximum atomic E-state index is 13.1. The molecule has 0 fully saturated rings. The van der Waals surface area contributed by atoms with Crippen LogP contribution in [0.15, 0.2) is 91.0 Å². The number of ketones is 1. The molecule has 1 unspecified atom stereocenters. The van der Waals surface area contributed by atoms with E-state index >= 15 is 0 Å². The summed E-state index contributed by atoms with van der Waals surface area (Å²) in [6.07, 6.45) is 0.716. The largest absolute Gasteiger partial charge is 0.300 e. The molecule has 3 rings (SSSR count). The molecular weight excluding hydrogens is 298 g/mol. The molecule has 1 atom stereocenters. The van der Waals surface area contributed by atoms with Crippen molar-refractivity contribution in [3.63, 3.8) is 0 Å². The predicted molar refractivity (Wildman–Crippen MR) is 94.9 cm³/mol. The van der Waals surface area contributed by atoms with Crippen LogP contribution in [0.3, 0.4) is 0 Å². The van der Waals surface area contributed by atoms with E-state index < -0.39 is 6.04 Å². The van der Waals surface area contributed by atoms with Gasteiger partial charge in [0.1, 0.15) is 6.04 Å². The summed E-state index contributed by atoms with van der Waals surface area (Å²) in [7, 11) is 0. The summed E-state index contributed by atoms with van der Waals surface area (Å²) in [5.74, 6) is -0.113. The van der Waals surface area contributed by atoms with Gasteiger partial charge in [-0.3, -0.25) is 14.5 Å². The SMILES string of the molecule is O=CN(c1ccccc1)C(C(=O)c1ccccc1)c1ccccc1. The molecule has 3 nitrogen and oxygen atoms in total. The molecule has 3 aromatic rings. The van der Waals surface area contributed by atoms with E-state index in [0.717, 1.165) is 5.56 Å². The Morgan fingerprint density at radius 3 is 1.79 bits per heavy atom. The third kappa shape index (κ3) is 3.25. The van der Waals surface area contributed by atoms with Gasteiger partial charge in [0, 0.05) is 11.3 Å². The first-order valence-corrected chi connectivity index (χ1v) is 7.74. The minimum atomic E-state index is -0.700. The van der Waals surface area contributed by atoms with Gasteiger partial charge in [0.2, 0.25) is 6.41 Å². The third-order valence-corrected chi connectivity index (χ3v) is 3.87. The van der Waals surface area contributed by atoms with Crippen LogP contribution in [0.1, 0.15) is 22.0 Å². The quantitative estimate of drug-likeness (QED) is 0.503. The minimum absolute atomic E-state index is 0.113. The van der Waals surface area contributed by atoms with Crippen molar-refractivity contribution in [2.75, 3.05) is 4.90 Å². The van der Waals surface area contributed by atoms with Crippen LogP contribution in [0, 0.1) is 0 Å². The van der Waals surface area contributed by atoms with Gasteiger partial charge in [-0.1, -0.05) is 78.9 Å². The topological polar surface area (TPSA) is 37.4 Å². The summed E-state index contributed by atoms with van der Waals surface area (Å²) in [6.45, 7) is 0. The first-order valence-electron chi connectivity index (χ1n) is 7.74. The molecule has 0 bridgehead atoms. The standard InChI is InChI=1S/C21H17NO2/c23-16-22(19-14-8-3-9-15-19)20(17-10-4-1-5-11-17)21(24)18-12-6-2-7-13-18/h1-16,20H. The maximum Gasteiger partial charge on any atom is 0.215 e. The monoisotopic (exact) mass is 315 g/mol. The summed E-state index contributed by atoms with van der Waals surface area (Å²) < 4.78 is 0. The van der Waals surface area contributed by atoms with Gasteiger partial charge in [-0.25, -0.2) is 0 Å². The molecule has 0 aliphatic carbocycles. The second kappa shape index (κ2) is 7.38. The highest BCUT2D eigenvalue weighted by Crippen LogP contribution is 2.29. The number of carbonyl (C=O) groups excluding carboxylic acids is 2. The molecule has 3 heteroatoms. The number of benzene rings is 3. The Labute approximate surface area is 141 Å². The summed E-state index contributed by atoms with van der Waals surface area (Å²) in [6, 6.07) is 26.9. The first-order chi connectivity index (χ1) is 11.8. The van der Waals surface area contributed by atoms with E-state index in [9.17, 15) is 9.59 Å². The number of rotatable bonds is 6. The van der Waals surface area contributed by atoms with Crippen LogP contribution < -0.4 is 4.90 Å². The van der Waals surface area contributed by atoms with Crippen molar-refractivity contribution in [1.82, 2.24) is 0 Å². The molecule has 0 N–H and O–H groups in total. The van der Waals surface area contributed by atoms with Gasteiger partial charge in [0.15, 0.2) is 5.78 Å². The van der Waals surface area contributed by atoms with Crippen LogP contribution in [-0.4, -0.2) is 12.2 Å². The van der Waals surface area contributed by atoms with E-state index in [-0.39, 0.29) is 5.78 Å². The highest BCUT2D eigenvalue weighted by molar-refractivity contribution is 6.05. The van der Waals surface area contributed by atoms with E-state index in [4.69, 9.17) is 0 Å². The van der Waals surface area contributed by atoms with E-state index in [0.29, 0.717) is 17.7 Å². The molecule has 0 aliphatic heterocycles. The van der Waals surface area contributed by atoms with Crippen molar-refractivity contribution in [3.8, 4) is 0 Å². The number of para-hydroxylation sites is 1. The molecule has 0 heterocycles. The Morgan fingerprint density at radius 1 is 0.750 bits per heavy atom. The van der Waals surface area contributed by atoms with E-state index in [2.05, 4.69) is 0 Å². The Bertz CT molecular complexity index is 801. The van der Waals surface area contributed by atoms with Gasteiger partial charge in [0.25, 0.3) is 0 Å². The fraction of sp³-hybridized carbons (Fsp3) is 0.0476. The fourth-order valence-electron chi connectivity index (χ4n) is 2.70. The molecule has 0 spiro atoms. The predicted octanol–water partition coefficient (Wildman–Crippen LogP) is 4.27. The van der Waals surface area contributed by atoms with E-state index in [1.165, 1.54) is 4.90 Å². The molecule has 0 aliphatic rings. The van der Waals surface area contributed by atoms with Gasteiger partial charge in [-0.2, -0.15) is 0 Å². The number of hydrogen-bond donors (Lipinski definition) is 0. The van der Waals surface area contributed by atoms with E-state index in [1.54, 1.807) is 12.1 Å². The second-order valence-electron chi connectivity index (χ2n) is 5.39. The third-order valence-electron chi connectivity index (χ3n) is 3.87. The van der Waals surface area contributed by atoms with Gasteiger partial charge in [-0.15, -0.1) is 0 Å². The van der Waals surface area contributed by atoms with Gasteiger partial charge in [-0.05, 0) is 17.7 Å². The Morgan fingerprint density at radius 2 is 1.25 bits per heavy atom. The number of nitrogens with zero attached hydrogens (tertiary/aromatic N) is 1. The highest BCUT2D eigenvalue weighted by Gasteiger charge is 2.28. The van der Waals surface area contributed by atoms with Crippen LogP contribution >= 0.6 is 0 Å². The number of anilines is 1. The molecule has 24 heavy (non-hydrogen) atoms. The van der Waals surface area contributed by atoms with Gasteiger partial charge in [0.05, 0.1) is 0 Å². The lowest BCUT2D eigenvalue weighted by atomic mass is 9.95. The number of hydrogen-bond acceptors (Lipinski definition) is 2. The van der Waals surface area contributed by atoms with Crippen molar-refractivity contribution in [1.29, 1.82) is 0 Å². The van der Waals surface area contributed by atoms with Crippen molar-refractivity contribution in [3.05, 3.63) is 102 Å². The van der Waals surface area contributed by atoms with Crippen LogP contribution in [-0.2, 0) is 4.79 Å². The van der Waals surface area contributed by atoms with Crippen molar-refractivity contribution >= 4 is 17.9 Å². The van der Waals surface area contributed by atoms with Crippen molar-refractivity contribution < 1.29 is 9.59 Å². The van der Waals surface area contributed by atoms with Gasteiger partial charge >= 0.3 is 0 Å². The molecule has 1 amide bonds. The molecular formula is C21H17NO2. The highest BCUT2D eigenvalue weighted by atomic mass is 16.1. The molecule has 0 aromatic heterocycles.